The summed E-state index contributed by atoms with van der Waals surface area (Å²) in [5.74, 6) is -0.171. The fourth-order valence-corrected chi connectivity index (χ4v) is 3.85. The van der Waals surface area contributed by atoms with Crippen molar-refractivity contribution < 1.29 is 9.18 Å². The molecular formula is C26H28FNO. The predicted molar refractivity (Wildman–Crippen MR) is 117 cm³/mol. The highest BCUT2D eigenvalue weighted by Gasteiger charge is 2.42. The van der Waals surface area contributed by atoms with E-state index in [0.717, 1.165) is 16.7 Å². The first kappa shape index (κ1) is 20.9. The van der Waals surface area contributed by atoms with Gasteiger partial charge < -0.3 is 4.90 Å². The van der Waals surface area contributed by atoms with Crippen LogP contribution in [-0.2, 0) is 16.6 Å². The summed E-state index contributed by atoms with van der Waals surface area (Å²) in [6.45, 7) is 2.14. The molecule has 150 valence electrons. The molecule has 3 rings (SSSR count). The van der Waals surface area contributed by atoms with E-state index in [1.807, 2.05) is 74.8 Å². The van der Waals surface area contributed by atoms with Crippen molar-refractivity contribution in [3.8, 4) is 0 Å². The Morgan fingerprint density at radius 2 is 1.34 bits per heavy atom. The zero-order valence-electron chi connectivity index (χ0n) is 17.3. The van der Waals surface area contributed by atoms with Gasteiger partial charge in [0.05, 0.1) is 5.41 Å². The van der Waals surface area contributed by atoms with Gasteiger partial charge in [-0.3, -0.25) is 4.79 Å². The summed E-state index contributed by atoms with van der Waals surface area (Å²) < 4.78 is 13.4. The molecule has 0 aliphatic heterocycles. The van der Waals surface area contributed by atoms with Gasteiger partial charge in [0.15, 0.2) is 5.78 Å². The number of halogens is 1. The van der Waals surface area contributed by atoms with Gasteiger partial charge in [0.25, 0.3) is 0 Å². The fourth-order valence-electron chi connectivity index (χ4n) is 3.85. The summed E-state index contributed by atoms with van der Waals surface area (Å²) >= 11 is 0. The van der Waals surface area contributed by atoms with Gasteiger partial charge in [-0.15, -0.1) is 0 Å². The van der Waals surface area contributed by atoms with Crippen LogP contribution in [0.3, 0.4) is 0 Å². The molecule has 0 aliphatic carbocycles. The molecule has 2 nitrogen and oxygen atoms in total. The van der Waals surface area contributed by atoms with E-state index >= 15 is 0 Å². The number of carbonyl (C=O) groups excluding carboxylic acids is 1. The Morgan fingerprint density at radius 1 is 0.862 bits per heavy atom. The molecule has 0 bridgehead atoms. The minimum atomic E-state index is -0.777. The fraction of sp³-hybridized carbons (Fsp3) is 0.269. The third kappa shape index (κ3) is 4.63. The number of hydrogen-bond acceptors (Lipinski definition) is 2. The minimum absolute atomic E-state index is 0.121. The normalized spacial score (nSPS) is 12.7. The number of hydrogen-bond donors (Lipinski definition) is 0. The lowest BCUT2D eigenvalue weighted by atomic mass is 9.66. The van der Waals surface area contributed by atoms with Gasteiger partial charge in [0, 0.05) is 12.5 Å². The van der Waals surface area contributed by atoms with E-state index in [2.05, 4.69) is 11.8 Å². The molecule has 0 aliphatic rings. The maximum absolute atomic E-state index is 14.0. The van der Waals surface area contributed by atoms with Gasteiger partial charge in [-0.25, -0.2) is 4.39 Å². The number of rotatable bonds is 8. The van der Waals surface area contributed by atoms with E-state index in [4.69, 9.17) is 0 Å². The van der Waals surface area contributed by atoms with E-state index in [1.54, 1.807) is 12.1 Å². The topological polar surface area (TPSA) is 20.3 Å². The quantitative estimate of drug-likeness (QED) is 0.523. The summed E-state index contributed by atoms with van der Waals surface area (Å²) in [7, 11) is 4.08. The molecule has 0 N–H and O–H groups in total. The highest BCUT2D eigenvalue weighted by molar-refractivity contribution is 5.95. The van der Waals surface area contributed by atoms with Crippen LogP contribution < -0.4 is 0 Å². The molecule has 0 heterocycles. The monoisotopic (exact) mass is 389 g/mol. The van der Waals surface area contributed by atoms with Gasteiger partial charge in [-0.1, -0.05) is 72.8 Å². The lowest BCUT2D eigenvalue weighted by molar-refractivity contribution is -0.123. The number of ketones is 1. The van der Waals surface area contributed by atoms with E-state index < -0.39 is 5.41 Å². The first-order chi connectivity index (χ1) is 13.9. The molecular weight excluding hydrogens is 361 g/mol. The largest absolute Gasteiger partial charge is 0.307 e. The van der Waals surface area contributed by atoms with Crippen LogP contribution >= 0.6 is 0 Å². The first-order valence-corrected chi connectivity index (χ1v) is 9.98. The molecule has 0 radical (unpaired) electrons. The van der Waals surface area contributed by atoms with Crippen LogP contribution in [0.1, 0.15) is 30.0 Å². The van der Waals surface area contributed by atoms with Crippen molar-refractivity contribution in [3.63, 3.8) is 0 Å². The number of nitrogens with zero attached hydrogens (tertiary/aromatic N) is 1. The van der Waals surface area contributed by atoms with Crippen molar-refractivity contribution in [2.75, 3.05) is 14.1 Å². The van der Waals surface area contributed by atoms with Crippen molar-refractivity contribution >= 4 is 5.78 Å². The zero-order valence-corrected chi connectivity index (χ0v) is 17.3. The molecule has 0 unspecified atom stereocenters. The zero-order chi connectivity index (χ0) is 20.9. The maximum Gasteiger partial charge on any atom is 0.152 e. The van der Waals surface area contributed by atoms with Crippen molar-refractivity contribution in [3.05, 3.63) is 107 Å². The Labute approximate surface area is 173 Å². The van der Waals surface area contributed by atoms with Crippen LogP contribution in [0.2, 0.25) is 0 Å². The third-order valence-corrected chi connectivity index (χ3v) is 5.77. The van der Waals surface area contributed by atoms with E-state index in [0.29, 0.717) is 6.42 Å². The molecule has 0 saturated heterocycles. The van der Waals surface area contributed by atoms with Gasteiger partial charge in [0.2, 0.25) is 0 Å². The minimum Gasteiger partial charge on any atom is -0.307 e. The smallest absolute Gasteiger partial charge is 0.152 e. The number of Topliss-reactive ketones (excluding diaryl/α,β-unsaturated/α-hetero) is 1. The molecule has 0 amide bonds. The number of carbonyl (C=O) groups is 1. The van der Waals surface area contributed by atoms with Crippen LogP contribution in [0.4, 0.5) is 4.39 Å². The van der Waals surface area contributed by atoms with Crippen molar-refractivity contribution in [1.82, 2.24) is 4.90 Å². The van der Waals surface area contributed by atoms with Gasteiger partial charge >= 0.3 is 0 Å². The van der Waals surface area contributed by atoms with Crippen molar-refractivity contribution in [2.24, 2.45) is 0 Å². The van der Waals surface area contributed by atoms with Crippen LogP contribution in [0.25, 0.3) is 0 Å². The second kappa shape index (κ2) is 9.15. The third-order valence-electron chi connectivity index (χ3n) is 5.77. The molecule has 0 saturated carbocycles. The second-order valence-corrected chi connectivity index (χ2v) is 7.88. The van der Waals surface area contributed by atoms with Crippen LogP contribution in [-0.4, -0.2) is 30.8 Å². The summed E-state index contributed by atoms with van der Waals surface area (Å²) in [5, 5.41) is 0. The van der Waals surface area contributed by atoms with E-state index in [1.165, 1.54) is 12.1 Å². The Morgan fingerprint density at radius 3 is 1.79 bits per heavy atom. The summed E-state index contributed by atoms with van der Waals surface area (Å²) in [6.07, 6.45) is 0.915. The lowest BCUT2D eigenvalue weighted by Crippen LogP contribution is -2.44. The highest BCUT2D eigenvalue weighted by atomic mass is 19.1. The average molecular weight is 390 g/mol. The SMILES string of the molecule is C[C@H](CC(C(=O)Cc1ccc(F)cc1)(c1ccccc1)c1ccccc1)N(C)C. The van der Waals surface area contributed by atoms with Gasteiger partial charge in [-0.05, 0) is 56.3 Å². The summed E-state index contributed by atoms with van der Waals surface area (Å²) in [5.41, 5.74) is 2.03. The molecule has 3 aromatic rings. The second-order valence-electron chi connectivity index (χ2n) is 7.88. The van der Waals surface area contributed by atoms with Crippen molar-refractivity contribution in [1.29, 1.82) is 0 Å². The van der Waals surface area contributed by atoms with Crippen LogP contribution in [0, 0.1) is 5.82 Å². The molecule has 0 spiro atoms. The van der Waals surface area contributed by atoms with E-state index in [-0.39, 0.29) is 24.1 Å². The Balaban J connectivity index is 2.14. The van der Waals surface area contributed by atoms with Gasteiger partial charge in [-0.2, -0.15) is 0 Å². The highest BCUT2D eigenvalue weighted by Crippen LogP contribution is 2.39. The molecule has 1 atom stereocenters. The van der Waals surface area contributed by atoms with Crippen molar-refractivity contribution in [2.45, 2.75) is 31.2 Å². The lowest BCUT2D eigenvalue weighted by Gasteiger charge is -2.38. The Hall–Kier alpha value is -2.78. The number of benzene rings is 3. The van der Waals surface area contributed by atoms with Crippen LogP contribution in [0.5, 0.6) is 0 Å². The van der Waals surface area contributed by atoms with Gasteiger partial charge in [0.1, 0.15) is 5.82 Å². The Kier molecular flexibility index (Phi) is 6.60. The molecule has 29 heavy (non-hydrogen) atoms. The average Bonchev–Trinajstić information content (AvgIpc) is 2.74. The summed E-state index contributed by atoms with van der Waals surface area (Å²) in [4.78, 5) is 16.1. The first-order valence-electron chi connectivity index (χ1n) is 9.98. The molecule has 0 aromatic heterocycles. The predicted octanol–water partition coefficient (Wildman–Crippen LogP) is 5.26. The molecule has 3 aromatic carbocycles. The molecule has 3 heteroatoms. The Bertz CT molecular complexity index is 880. The molecule has 0 fully saturated rings. The standard InChI is InChI=1S/C26H28FNO/c1-20(28(2)3)19-26(22-10-6-4-7-11-22,23-12-8-5-9-13-23)25(29)18-21-14-16-24(27)17-15-21/h4-17,20H,18-19H2,1-3H3/t20-/m1/s1. The van der Waals surface area contributed by atoms with E-state index in [9.17, 15) is 9.18 Å². The van der Waals surface area contributed by atoms with Crippen LogP contribution in [0.15, 0.2) is 84.9 Å². The maximum atomic E-state index is 14.0. The summed E-state index contributed by atoms with van der Waals surface area (Å²) in [6, 6.07) is 26.5.